The van der Waals surface area contributed by atoms with E-state index < -0.39 is 6.10 Å². The molecule has 1 aromatic carbocycles. The molecule has 1 aromatic heterocycles. The van der Waals surface area contributed by atoms with Crippen LogP contribution in [-0.4, -0.2) is 22.7 Å². The first-order chi connectivity index (χ1) is 14.9. The lowest BCUT2D eigenvalue weighted by molar-refractivity contribution is -0.0373. The van der Waals surface area contributed by atoms with Crippen molar-refractivity contribution < 1.29 is 19.1 Å². The third kappa shape index (κ3) is 3.55. The van der Waals surface area contributed by atoms with Gasteiger partial charge in [0.15, 0.2) is 5.76 Å². The molecule has 168 valence electrons. The normalized spacial score (nSPS) is 30.1. The topological polar surface area (TPSA) is 71.7 Å². The van der Waals surface area contributed by atoms with Crippen LogP contribution in [0.15, 0.2) is 16.5 Å². The van der Waals surface area contributed by atoms with Crippen LogP contribution in [0, 0.1) is 18.8 Å². The molecule has 2 aromatic rings. The average molecular weight is 426 g/mol. The summed E-state index contributed by atoms with van der Waals surface area (Å²) in [4.78, 5) is 13.1. The Kier molecular flexibility index (Phi) is 5.28. The first-order valence-electron chi connectivity index (χ1n) is 12.1. The lowest BCUT2D eigenvalue weighted by Crippen LogP contribution is -2.43. The van der Waals surface area contributed by atoms with E-state index in [0.29, 0.717) is 29.6 Å². The van der Waals surface area contributed by atoms with Gasteiger partial charge in [-0.25, -0.2) is 0 Å². The predicted molar refractivity (Wildman–Crippen MR) is 120 cm³/mol. The van der Waals surface area contributed by atoms with Gasteiger partial charge < -0.3 is 19.6 Å². The van der Waals surface area contributed by atoms with Gasteiger partial charge in [0.1, 0.15) is 16.9 Å². The van der Waals surface area contributed by atoms with Gasteiger partial charge in [-0.1, -0.05) is 33.1 Å². The highest BCUT2D eigenvalue weighted by molar-refractivity contribution is 6.00. The van der Waals surface area contributed by atoms with Gasteiger partial charge in [0, 0.05) is 29.0 Å². The molecule has 2 fully saturated rings. The third-order valence-corrected chi connectivity index (χ3v) is 8.31. The minimum absolute atomic E-state index is 0.150. The van der Waals surface area contributed by atoms with Gasteiger partial charge in [0.05, 0.1) is 6.10 Å². The zero-order valence-corrected chi connectivity index (χ0v) is 19.0. The van der Waals surface area contributed by atoms with Gasteiger partial charge in [0.25, 0.3) is 5.91 Å². The van der Waals surface area contributed by atoms with Crippen LogP contribution in [-0.2, 0) is 0 Å². The van der Waals surface area contributed by atoms with Gasteiger partial charge in [-0.15, -0.1) is 0 Å². The molecule has 2 N–H and O–H groups in total. The Labute approximate surface area is 184 Å². The van der Waals surface area contributed by atoms with Crippen molar-refractivity contribution in [2.24, 2.45) is 11.8 Å². The van der Waals surface area contributed by atoms with Gasteiger partial charge in [-0.3, -0.25) is 4.79 Å². The molecule has 5 heteroatoms. The van der Waals surface area contributed by atoms with Crippen LogP contribution in [0.25, 0.3) is 11.0 Å². The number of amides is 1. The molecule has 3 aliphatic rings. The molecule has 0 bridgehead atoms. The highest BCUT2D eigenvalue weighted by atomic mass is 16.5. The molecule has 5 rings (SSSR count). The van der Waals surface area contributed by atoms with E-state index >= 15 is 0 Å². The van der Waals surface area contributed by atoms with E-state index in [1.165, 1.54) is 12.8 Å². The Morgan fingerprint density at radius 3 is 2.68 bits per heavy atom. The maximum Gasteiger partial charge on any atom is 0.287 e. The van der Waals surface area contributed by atoms with Gasteiger partial charge in [-0.05, 0) is 63.0 Å². The number of carbonyl (C=O) groups excluding carboxylic acids is 1. The Morgan fingerprint density at radius 1 is 1.13 bits per heavy atom. The summed E-state index contributed by atoms with van der Waals surface area (Å²) < 4.78 is 12.5. The van der Waals surface area contributed by atoms with E-state index in [-0.39, 0.29) is 17.6 Å². The Bertz CT molecular complexity index is 987. The molecule has 31 heavy (non-hydrogen) atoms. The van der Waals surface area contributed by atoms with E-state index in [4.69, 9.17) is 9.15 Å². The van der Waals surface area contributed by atoms with Gasteiger partial charge in [-0.2, -0.15) is 0 Å². The molecule has 0 radical (unpaired) electrons. The number of fused-ring (bicyclic) bond motifs is 3. The van der Waals surface area contributed by atoms with Crippen molar-refractivity contribution in [1.82, 2.24) is 5.32 Å². The van der Waals surface area contributed by atoms with Crippen molar-refractivity contribution in [2.75, 3.05) is 0 Å². The van der Waals surface area contributed by atoms with Gasteiger partial charge in [0.2, 0.25) is 0 Å². The van der Waals surface area contributed by atoms with E-state index in [1.807, 2.05) is 19.1 Å². The minimum atomic E-state index is -0.600. The molecule has 0 unspecified atom stereocenters. The Morgan fingerprint density at radius 2 is 1.90 bits per heavy atom. The van der Waals surface area contributed by atoms with Crippen LogP contribution in [0.3, 0.4) is 0 Å². The number of ether oxygens (including phenoxy) is 1. The fourth-order valence-corrected chi connectivity index (χ4v) is 6.24. The minimum Gasteiger partial charge on any atom is -0.487 e. The summed E-state index contributed by atoms with van der Waals surface area (Å²) in [6.07, 6.45) is 8.94. The van der Waals surface area contributed by atoms with Crippen LogP contribution in [0.5, 0.6) is 5.75 Å². The van der Waals surface area contributed by atoms with Crippen molar-refractivity contribution in [1.29, 1.82) is 0 Å². The molecule has 0 saturated heterocycles. The standard InChI is InChI=1S/C26H35NO4/c1-15-8-7-9-18(16(15)2)27-25(29)24-17(3)22-20(30-24)10-11-21-23(22)19(28)14-26(31-21)12-5-4-6-13-26/h10-11,15-16,18-19,28H,4-9,12-14H2,1-3H3,(H,27,29)/t15-,16+,18+,19+/m0/s1. The average Bonchev–Trinajstić information content (AvgIpc) is 3.08. The largest absolute Gasteiger partial charge is 0.487 e. The number of nitrogens with one attached hydrogen (secondary N) is 1. The second-order valence-corrected chi connectivity index (χ2v) is 10.3. The van der Waals surface area contributed by atoms with E-state index in [1.54, 1.807) is 0 Å². The van der Waals surface area contributed by atoms with Crippen molar-refractivity contribution in [2.45, 2.75) is 96.3 Å². The summed E-state index contributed by atoms with van der Waals surface area (Å²) in [6, 6.07) is 3.97. The van der Waals surface area contributed by atoms with Crippen molar-refractivity contribution in [3.8, 4) is 5.75 Å². The predicted octanol–water partition coefficient (Wildman–Crippen LogP) is 5.81. The number of hydrogen-bond donors (Lipinski definition) is 2. The van der Waals surface area contributed by atoms with Crippen LogP contribution in [0.4, 0.5) is 0 Å². The molecular formula is C26H35NO4. The monoisotopic (exact) mass is 425 g/mol. The fourth-order valence-electron chi connectivity index (χ4n) is 6.24. The number of aliphatic hydroxyl groups excluding tert-OH is 1. The summed E-state index contributed by atoms with van der Waals surface area (Å²) in [5.74, 6) is 2.03. The molecule has 1 amide bonds. The lowest BCUT2D eigenvalue weighted by atomic mass is 9.77. The lowest BCUT2D eigenvalue weighted by Gasteiger charge is -2.43. The summed E-state index contributed by atoms with van der Waals surface area (Å²) >= 11 is 0. The Balaban J connectivity index is 1.47. The highest BCUT2D eigenvalue weighted by Gasteiger charge is 2.42. The van der Waals surface area contributed by atoms with Crippen LogP contribution < -0.4 is 10.1 Å². The molecule has 1 spiro atoms. The highest BCUT2D eigenvalue weighted by Crippen LogP contribution is 2.49. The van der Waals surface area contributed by atoms with Gasteiger partial charge >= 0.3 is 0 Å². The van der Waals surface area contributed by atoms with E-state index in [2.05, 4.69) is 19.2 Å². The van der Waals surface area contributed by atoms with E-state index in [9.17, 15) is 9.90 Å². The zero-order chi connectivity index (χ0) is 21.8. The van der Waals surface area contributed by atoms with Crippen LogP contribution in [0.2, 0.25) is 0 Å². The van der Waals surface area contributed by atoms with Crippen molar-refractivity contribution in [3.05, 3.63) is 29.0 Å². The number of aliphatic hydroxyl groups is 1. The number of benzene rings is 1. The second kappa shape index (κ2) is 7.84. The number of rotatable bonds is 2. The van der Waals surface area contributed by atoms with Crippen molar-refractivity contribution in [3.63, 3.8) is 0 Å². The van der Waals surface area contributed by atoms with E-state index in [0.717, 1.165) is 60.8 Å². The molecule has 2 aliphatic carbocycles. The molecule has 1 aliphatic heterocycles. The molecule has 2 saturated carbocycles. The fraction of sp³-hybridized carbons (Fsp3) is 0.654. The smallest absolute Gasteiger partial charge is 0.287 e. The first-order valence-corrected chi connectivity index (χ1v) is 12.1. The maximum atomic E-state index is 13.1. The number of hydrogen-bond acceptors (Lipinski definition) is 4. The molecule has 5 nitrogen and oxygen atoms in total. The molecular weight excluding hydrogens is 390 g/mol. The maximum absolute atomic E-state index is 13.1. The quantitative estimate of drug-likeness (QED) is 0.636. The SMILES string of the molecule is Cc1c(C(=O)N[C@@H]2CCC[C@H](C)[C@H]2C)oc2ccc3c(c12)[C@H](O)CC1(CCCCC1)O3. The number of furan rings is 1. The Hall–Kier alpha value is -2.01. The van der Waals surface area contributed by atoms with Crippen LogP contribution in [0.1, 0.15) is 99.4 Å². The first kappa shape index (κ1) is 20.9. The summed E-state index contributed by atoms with van der Waals surface area (Å²) in [7, 11) is 0. The summed E-state index contributed by atoms with van der Waals surface area (Å²) in [6.45, 7) is 6.42. The molecule has 4 atom stereocenters. The van der Waals surface area contributed by atoms with Crippen LogP contribution >= 0.6 is 0 Å². The third-order valence-electron chi connectivity index (χ3n) is 8.31. The van der Waals surface area contributed by atoms with Crippen molar-refractivity contribution >= 4 is 16.9 Å². The number of aryl methyl sites for hydroxylation is 1. The second-order valence-electron chi connectivity index (χ2n) is 10.3. The zero-order valence-electron chi connectivity index (χ0n) is 19.0. The number of carbonyl (C=O) groups is 1. The summed E-state index contributed by atoms with van der Waals surface area (Å²) in [5, 5.41) is 15.2. The summed E-state index contributed by atoms with van der Waals surface area (Å²) in [5.41, 5.74) is 1.98. The molecule has 2 heterocycles.